The number of carbonyl (C=O) groups is 2. The highest BCUT2D eigenvalue weighted by Gasteiger charge is 2.31. The van der Waals surface area contributed by atoms with Gasteiger partial charge in [0.15, 0.2) is 5.82 Å². The number of rotatable bonds is 7. The lowest BCUT2D eigenvalue weighted by atomic mass is 9.93. The summed E-state index contributed by atoms with van der Waals surface area (Å²) in [7, 11) is 1.54. The molecule has 33 heavy (non-hydrogen) atoms. The Labute approximate surface area is 192 Å². The average molecular weight is 458 g/mol. The SMILES string of the molecule is COc1ccc(CC(=O)Nc2cc([C@@H]3CC[C@H](OC(=O)NC4CCC(O)CC4)C3)[nH]n2)cn1. The molecule has 0 saturated heterocycles. The first-order chi connectivity index (χ1) is 16.0. The molecule has 2 aromatic rings. The number of nitrogens with zero attached hydrogens (tertiary/aromatic N) is 2. The van der Waals surface area contributed by atoms with Crippen molar-refractivity contribution in [3.8, 4) is 5.88 Å². The van der Waals surface area contributed by atoms with Gasteiger partial charge in [-0.3, -0.25) is 9.89 Å². The lowest BCUT2D eigenvalue weighted by Crippen LogP contribution is -2.40. The second kappa shape index (κ2) is 10.7. The number of aliphatic hydroxyl groups excluding tert-OH is 1. The van der Waals surface area contributed by atoms with Gasteiger partial charge in [0.05, 0.1) is 19.6 Å². The monoisotopic (exact) mass is 457 g/mol. The highest BCUT2D eigenvalue weighted by Crippen LogP contribution is 2.36. The van der Waals surface area contributed by atoms with Crippen LogP contribution in [0.3, 0.4) is 0 Å². The molecule has 4 rings (SSSR count). The lowest BCUT2D eigenvalue weighted by molar-refractivity contribution is -0.115. The maximum absolute atomic E-state index is 12.3. The molecule has 2 amide bonds. The number of nitrogens with one attached hydrogen (secondary N) is 3. The number of pyridine rings is 1. The summed E-state index contributed by atoms with van der Waals surface area (Å²) >= 11 is 0. The predicted molar refractivity (Wildman–Crippen MR) is 120 cm³/mol. The quantitative estimate of drug-likeness (QED) is 0.501. The fraction of sp³-hybridized carbons (Fsp3) is 0.565. The van der Waals surface area contributed by atoms with Crippen LogP contribution >= 0.6 is 0 Å². The molecular formula is C23H31N5O5. The maximum atomic E-state index is 12.3. The molecule has 2 heterocycles. The van der Waals surface area contributed by atoms with Gasteiger partial charge in [-0.2, -0.15) is 5.10 Å². The Morgan fingerprint density at radius 3 is 2.73 bits per heavy atom. The summed E-state index contributed by atoms with van der Waals surface area (Å²) in [5.74, 6) is 0.982. The Morgan fingerprint density at radius 2 is 2.00 bits per heavy atom. The zero-order valence-corrected chi connectivity index (χ0v) is 18.8. The van der Waals surface area contributed by atoms with Gasteiger partial charge in [0.1, 0.15) is 6.10 Å². The van der Waals surface area contributed by atoms with Crippen molar-refractivity contribution in [1.29, 1.82) is 0 Å². The molecular weight excluding hydrogens is 426 g/mol. The third kappa shape index (κ3) is 6.44. The van der Waals surface area contributed by atoms with Crippen LogP contribution < -0.4 is 15.4 Å². The van der Waals surface area contributed by atoms with Crippen molar-refractivity contribution in [3.05, 3.63) is 35.7 Å². The van der Waals surface area contributed by atoms with E-state index < -0.39 is 0 Å². The number of amides is 2. The number of anilines is 1. The summed E-state index contributed by atoms with van der Waals surface area (Å²) < 4.78 is 10.6. The molecule has 4 N–H and O–H groups in total. The molecule has 2 saturated carbocycles. The Bertz CT molecular complexity index is 939. The van der Waals surface area contributed by atoms with Crippen molar-refractivity contribution in [2.45, 2.75) is 75.5 Å². The van der Waals surface area contributed by atoms with E-state index in [0.717, 1.165) is 36.9 Å². The third-order valence-electron chi connectivity index (χ3n) is 6.35. The molecule has 2 aromatic heterocycles. The summed E-state index contributed by atoms with van der Waals surface area (Å²) in [5.41, 5.74) is 1.70. The summed E-state index contributed by atoms with van der Waals surface area (Å²) in [6, 6.07) is 5.43. The molecule has 0 unspecified atom stereocenters. The van der Waals surface area contributed by atoms with Crippen LogP contribution in [-0.4, -0.2) is 57.6 Å². The van der Waals surface area contributed by atoms with Gasteiger partial charge in [-0.1, -0.05) is 6.07 Å². The minimum Gasteiger partial charge on any atom is -0.481 e. The molecule has 2 fully saturated rings. The topological polar surface area (TPSA) is 138 Å². The molecule has 0 aromatic carbocycles. The number of aromatic nitrogens is 3. The maximum Gasteiger partial charge on any atom is 0.407 e. The van der Waals surface area contributed by atoms with Crippen molar-refractivity contribution < 1.29 is 24.2 Å². The van der Waals surface area contributed by atoms with Crippen LogP contribution in [0.15, 0.2) is 24.4 Å². The molecule has 178 valence electrons. The fourth-order valence-corrected chi connectivity index (χ4v) is 4.52. The first-order valence-corrected chi connectivity index (χ1v) is 11.5. The van der Waals surface area contributed by atoms with Crippen molar-refractivity contribution in [3.63, 3.8) is 0 Å². The van der Waals surface area contributed by atoms with Crippen LogP contribution in [0.25, 0.3) is 0 Å². The molecule has 10 nitrogen and oxygen atoms in total. The van der Waals surface area contributed by atoms with Gasteiger partial charge in [-0.25, -0.2) is 9.78 Å². The van der Waals surface area contributed by atoms with Gasteiger partial charge in [0, 0.05) is 36.0 Å². The van der Waals surface area contributed by atoms with Crippen molar-refractivity contribution in [2.24, 2.45) is 0 Å². The lowest BCUT2D eigenvalue weighted by Gasteiger charge is -2.26. The van der Waals surface area contributed by atoms with E-state index >= 15 is 0 Å². The van der Waals surface area contributed by atoms with Gasteiger partial charge in [0.2, 0.25) is 11.8 Å². The molecule has 0 spiro atoms. The van der Waals surface area contributed by atoms with Gasteiger partial charge in [-0.05, 0) is 50.5 Å². The summed E-state index contributed by atoms with van der Waals surface area (Å²) in [6.07, 6.45) is 6.38. The van der Waals surface area contributed by atoms with Crippen LogP contribution in [0.1, 0.15) is 62.1 Å². The van der Waals surface area contributed by atoms with E-state index in [2.05, 4.69) is 25.8 Å². The van der Waals surface area contributed by atoms with Crippen molar-refractivity contribution >= 4 is 17.8 Å². The highest BCUT2D eigenvalue weighted by atomic mass is 16.6. The second-order valence-electron chi connectivity index (χ2n) is 8.83. The number of hydrogen-bond donors (Lipinski definition) is 4. The van der Waals surface area contributed by atoms with E-state index in [9.17, 15) is 14.7 Å². The third-order valence-corrected chi connectivity index (χ3v) is 6.35. The zero-order valence-electron chi connectivity index (χ0n) is 18.8. The first kappa shape index (κ1) is 23.0. The van der Waals surface area contributed by atoms with Gasteiger partial charge < -0.3 is 25.2 Å². The Hall–Kier alpha value is -3.14. The molecule has 2 aliphatic rings. The molecule has 2 atom stereocenters. The van der Waals surface area contributed by atoms with Crippen LogP contribution in [0.2, 0.25) is 0 Å². The van der Waals surface area contributed by atoms with Crippen LogP contribution in [0, 0.1) is 0 Å². The second-order valence-corrected chi connectivity index (χ2v) is 8.83. The Morgan fingerprint density at radius 1 is 1.18 bits per heavy atom. The Balaban J connectivity index is 1.21. The van der Waals surface area contributed by atoms with Gasteiger partial charge in [-0.15, -0.1) is 0 Å². The number of ether oxygens (including phenoxy) is 2. The standard InChI is InChI=1S/C23H31N5O5/c1-32-22-9-2-14(13-24-22)10-21(30)26-20-12-19(27-28-20)15-3-8-18(11-15)33-23(31)25-16-4-6-17(29)7-5-16/h2,9,12-13,15-18,29H,3-8,10-11H2,1H3,(H,25,31)(H2,26,27,28,30)/t15-,16?,17?,18+/m1/s1. The van der Waals surface area contributed by atoms with Crippen molar-refractivity contribution in [1.82, 2.24) is 20.5 Å². The minimum absolute atomic E-state index is 0.0746. The number of alkyl carbamates (subject to hydrolysis) is 1. The molecule has 0 aliphatic heterocycles. The average Bonchev–Trinajstić information content (AvgIpc) is 3.45. The smallest absolute Gasteiger partial charge is 0.407 e. The number of hydrogen-bond acceptors (Lipinski definition) is 7. The van der Waals surface area contributed by atoms with Gasteiger partial charge >= 0.3 is 6.09 Å². The molecule has 0 bridgehead atoms. The number of methoxy groups -OCH3 is 1. The minimum atomic E-state index is -0.382. The van der Waals surface area contributed by atoms with E-state index in [1.54, 1.807) is 25.4 Å². The number of carbonyl (C=O) groups excluding carboxylic acids is 2. The van der Waals surface area contributed by atoms with E-state index in [0.29, 0.717) is 31.0 Å². The van der Waals surface area contributed by atoms with E-state index in [4.69, 9.17) is 9.47 Å². The molecule has 10 heteroatoms. The van der Waals surface area contributed by atoms with Crippen LogP contribution in [0.4, 0.5) is 10.6 Å². The highest BCUT2D eigenvalue weighted by molar-refractivity contribution is 5.91. The first-order valence-electron chi connectivity index (χ1n) is 11.5. The summed E-state index contributed by atoms with van der Waals surface area (Å²) in [5, 5.41) is 22.5. The number of H-pyrrole nitrogens is 1. The number of aliphatic hydroxyl groups is 1. The van der Waals surface area contributed by atoms with E-state index in [1.165, 1.54) is 0 Å². The number of aromatic amines is 1. The fourth-order valence-electron chi connectivity index (χ4n) is 4.52. The summed E-state index contributed by atoms with van der Waals surface area (Å²) in [6.45, 7) is 0. The normalized spacial score (nSPS) is 24.8. The largest absolute Gasteiger partial charge is 0.481 e. The Kier molecular flexibility index (Phi) is 7.43. The summed E-state index contributed by atoms with van der Waals surface area (Å²) in [4.78, 5) is 28.7. The van der Waals surface area contributed by atoms with E-state index in [-0.39, 0.29) is 42.6 Å². The molecule has 2 aliphatic carbocycles. The van der Waals surface area contributed by atoms with E-state index in [1.807, 2.05) is 6.07 Å². The molecule has 0 radical (unpaired) electrons. The van der Waals surface area contributed by atoms with Crippen LogP contribution in [0.5, 0.6) is 5.88 Å². The zero-order chi connectivity index (χ0) is 23.2. The predicted octanol–water partition coefficient (Wildman–Crippen LogP) is 2.66. The van der Waals surface area contributed by atoms with Crippen LogP contribution in [-0.2, 0) is 16.0 Å². The van der Waals surface area contributed by atoms with Crippen molar-refractivity contribution in [2.75, 3.05) is 12.4 Å². The van der Waals surface area contributed by atoms with Gasteiger partial charge in [0.25, 0.3) is 0 Å².